The predicted octanol–water partition coefficient (Wildman–Crippen LogP) is 3.12. The van der Waals surface area contributed by atoms with E-state index in [1.165, 1.54) is 12.1 Å². The maximum atomic E-state index is 11.2. The van der Waals surface area contributed by atoms with Gasteiger partial charge in [-0.25, -0.2) is 13.4 Å². The minimum absolute atomic E-state index is 0.0638. The first-order chi connectivity index (χ1) is 7.38. The Morgan fingerprint density at radius 1 is 1.25 bits per heavy atom. The van der Waals surface area contributed by atoms with Crippen LogP contribution in [0, 0.1) is 6.92 Å². The zero-order valence-corrected chi connectivity index (χ0v) is 10.6. The lowest BCUT2D eigenvalue weighted by Crippen LogP contribution is -1.92. The predicted molar refractivity (Wildman–Crippen MR) is 64.5 cm³/mol. The molecule has 0 fully saturated rings. The number of halogens is 2. The molecule has 1 heterocycles. The molecule has 0 spiro atoms. The molecule has 0 aliphatic heterocycles. The number of aryl methyl sites for hydroxylation is 1. The van der Waals surface area contributed by atoms with Crippen molar-refractivity contribution >= 4 is 42.2 Å². The van der Waals surface area contributed by atoms with Gasteiger partial charge in [0.25, 0.3) is 9.05 Å². The van der Waals surface area contributed by atoms with Gasteiger partial charge in [-0.05, 0) is 36.8 Å². The van der Waals surface area contributed by atoms with Crippen LogP contribution in [0.15, 0.2) is 29.2 Å². The fourth-order valence-corrected chi connectivity index (χ4v) is 2.52. The van der Waals surface area contributed by atoms with E-state index in [1.54, 1.807) is 12.1 Å². The third-order valence-electron chi connectivity index (χ3n) is 2.24. The van der Waals surface area contributed by atoms with Crippen molar-refractivity contribution in [1.82, 2.24) is 4.98 Å². The lowest BCUT2D eigenvalue weighted by molar-refractivity contribution is 0.609. The molecule has 6 heteroatoms. The van der Waals surface area contributed by atoms with Crippen LogP contribution in [0.25, 0.3) is 10.9 Å². The molecule has 0 atom stereocenters. The Hall–Kier alpha value is -0.840. The van der Waals surface area contributed by atoms with Crippen molar-refractivity contribution in [2.24, 2.45) is 0 Å². The van der Waals surface area contributed by atoms with Crippen LogP contribution in [-0.2, 0) is 9.05 Å². The SMILES string of the molecule is Cc1cc(Cl)nc2ccc(S(=O)(=O)Cl)cc12. The number of benzene rings is 1. The van der Waals surface area contributed by atoms with Crippen molar-refractivity contribution < 1.29 is 8.42 Å². The minimum Gasteiger partial charge on any atom is -0.236 e. The second-order valence-electron chi connectivity index (χ2n) is 3.38. The number of nitrogens with zero attached hydrogens (tertiary/aromatic N) is 1. The minimum atomic E-state index is -3.71. The molecule has 0 saturated heterocycles. The average molecular weight is 276 g/mol. The molecule has 1 aromatic carbocycles. The highest BCUT2D eigenvalue weighted by atomic mass is 35.7. The number of pyridine rings is 1. The molecule has 0 saturated carbocycles. The first-order valence-electron chi connectivity index (χ1n) is 4.39. The largest absolute Gasteiger partial charge is 0.261 e. The molecule has 0 bridgehead atoms. The van der Waals surface area contributed by atoms with Gasteiger partial charge < -0.3 is 0 Å². The zero-order chi connectivity index (χ0) is 11.9. The van der Waals surface area contributed by atoms with E-state index in [-0.39, 0.29) is 4.90 Å². The van der Waals surface area contributed by atoms with Gasteiger partial charge in [0.15, 0.2) is 0 Å². The molecule has 0 amide bonds. The Morgan fingerprint density at radius 3 is 2.56 bits per heavy atom. The van der Waals surface area contributed by atoms with Gasteiger partial charge in [0.2, 0.25) is 0 Å². The molecular weight excluding hydrogens is 269 g/mol. The summed E-state index contributed by atoms with van der Waals surface area (Å²) in [7, 11) is 1.56. The monoisotopic (exact) mass is 275 g/mol. The summed E-state index contributed by atoms with van der Waals surface area (Å²) in [6, 6.07) is 6.17. The van der Waals surface area contributed by atoms with E-state index in [0.717, 1.165) is 10.9 Å². The summed E-state index contributed by atoms with van der Waals surface area (Å²) in [6.45, 7) is 1.83. The standard InChI is InChI=1S/C10H7Cl2NO2S/c1-6-4-10(11)13-9-3-2-7(5-8(6)9)16(12,14)15/h2-5H,1H3. The molecular formula is C10H7Cl2NO2S. The molecule has 0 N–H and O–H groups in total. The van der Waals surface area contributed by atoms with Crippen LogP contribution in [0.1, 0.15) is 5.56 Å². The number of hydrogen-bond donors (Lipinski definition) is 0. The smallest absolute Gasteiger partial charge is 0.236 e. The van der Waals surface area contributed by atoms with Crippen LogP contribution in [-0.4, -0.2) is 13.4 Å². The molecule has 2 rings (SSSR count). The highest BCUT2D eigenvalue weighted by Crippen LogP contribution is 2.24. The molecule has 0 aliphatic carbocycles. The van der Waals surface area contributed by atoms with Crippen LogP contribution in [0.3, 0.4) is 0 Å². The van der Waals surface area contributed by atoms with Crippen molar-refractivity contribution in [2.75, 3.05) is 0 Å². The van der Waals surface area contributed by atoms with Crippen LogP contribution in [0.4, 0.5) is 0 Å². The van der Waals surface area contributed by atoms with Crippen LogP contribution < -0.4 is 0 Å². The van der Waals surface area contributed by atoms with Gasteiger partial charge in [0.1, 0.15) is 5.15 Å². The van der Waals surface area contributed by atoms with E-state index >= 15 is 0 Å². The molecule has 1 aromatic heterocycles. The van der Waals surface area contributed by atoms with Crippen molar-refractivity contribution in [2.45, 2.75) is 11.8 Å². The van der Waals surface area contributed by atoms with Gasteiger partial charge in [0.05, 0.1) is 10.4 Å². The molecule has 0 aliphatic rings. The van der Waals surface area contributed by atoms with Crippen molar-refractivity contribution in [3.63, 3.8) is 0 Å². The summed E-state index contributed by atoms with van der Waals surface area (Å²) in [5.74, 6) is 0. The van der Waals surface area contributed by atoms with E-state index in [9.17, 15) is 8.42 Å². The van der Waals surface area contributed by atoms with Crippen molar-refractivity contribution in [1.29, 1.82) is 0 Å². The third kappa shape index (κ3) is 2.14. The molecule has 0 radical (unpaired) electrons. The Bertz CT molecular complexity index is 668. The fraction of sp³-hybridized carbons (Fsp3) is 0.100. The highest BCUT2D eigenvalue weighted by Gasteiger charge is 2.11. The Morgan fingerprint density at radius 2 is 1.94 bits per heavy atom. The zero-order valence-electron chi connectivity index (χ0n) is 8.24. The Kier molecular flexibility index (Phi) is 2.82. The van der Waals surface area contributed by atoms with E-state index in [0.29, 0.717) is 10.7 Å². The van der Waals surface area contributed by atoms with Crippen molar-refractivity contribution in [3.05, 3.63) is 35.0 Å². The molecule has 2 aromatic rings. The van der Waals surface area contributed by atoms with Gasteiger partial charge in [-0.15, -0.1) is 0 Å². The average Bonchev–Trinajstić information content (AvgIpc) is 2.15. The first kappa shape index (κ1) is 11.6. The van der Waals surface area contributed by atoms with Gasteiger partial charge in [0, 0.05) is 16.1 Å². The van der Waals surface area contributed by atoms with Crippen LogP contribution in [0.5, 0.6) is 0 Å². The van der Waals surface area contributed by atoms with Gasteiger partial charge >= 0.3 is 0 Å². The van der Waals surface area contributed by atoms with Gasteiger partial charge in [-0.1, -0.05) is 11.6 Å². The number of aromatic nitrogens is 1. The van der Waals surface area contributed by atoms with Crippen LogP contribution in [0.2, 0.25) is 5.15 Å². The fourth-order valence-electron chi connectivity index (χ4n) is 1.48. The lowest BCUT2D eigenvalue weighted by atomic mass is 10.1. The second-order valence-corrected chi connectivity index (χ2v) is 6.33. The summed E-state index contributed by atoms with van der Waals surface area (Å²) in [6.07, 6.45) is 0. The quantitative estimate of drug-likeness (QED) is 0.594. The summed E-state index contributed by atoms with van der Waals surface area (Å²) >= 11 is 5.80. The molecule has 84 valence electrons. The maximum absolute atomic E-state index is 11.2. The van der Waals surface area contributed by atoms with Gasteiger partial charge in [-0.2, -0.15) is 0 Å². The van der Waals surface area contributed by atoms with E-state index in [2.05, 4.69) is 4.98 Å². The third-order valence-corrected chi connectivity index (χ3v) is 3.78. The topological polar surface area (TPSA) is 47.0 Å². The number of hydrogen-bond acceptors (Lipinski definition) is 3. The molecule has 3 nitrogen and oxygen atoms in total. The second kappa shape index (κ2) is 3.87. The first-order valence-corrected chi connectivity index (χ1v) is 7.08. The lowest BCUT2D eigenvalue weighted by Gasteiger charge is -2.04. The van der Waals surface area contributed by atoms with E-state index in [4.69, 9.17) is 22.3 Å². The number of fused-ring (bicyclic) bond motifs is 1. The normalized spacial score (nSPS) is 11.9. The summed E-state index contributed by atoms with van der Waals surface area (Å²) in [5, 5.41) is 1.11. The molecule has 16 heavy (non-hydrogen) atoms. The summed E-state index contributed by atoms with van der Waals surface area (Å²) < 4.78 is 22.3. The molecule has 0 unspecified atom stereocenters. The maximum Gasteiger partial charge on any atom is 0.261 e. The van der Waals surface area contributed by atoms with Crippen molar-refractivity contribution in [3.8, 4) is 0 Å². The Labute approximate surface area is 102 Å². The van der Waals surface area contributed by atoms with Crippen LogP contribution >= 0.6 is 22.3 Å². The highest BCUT2D eigenvalue weighted by molar-refractivity contribution is 8.13. The summed E-state index contributed by atoms with van der Waals surface area (Å²) in [4.78, 5) is 4.15. The van der Waals surface area contributed by atoms with E-state index in [1.807, 2.05) is 6.92 Å². The van der Waals surface area contributed by atoms with E-state index < -0.39 is 9.05 Å². The summed E-state index contributed by atoms with van der Waals surface area (Å²) in [5.41, 5.74) is 1.51. The Balaban J connectivity index is 2.82. The van der Waals surface area contributed by atoms with Gasteiger partial charge in [-0.3, -0.25) is 0 Å². The number of rotatable bonds is 1.